The minimum Gasteiger partial charge on any atom is -0.507 e. The summed E-state index contributed by atoms with van der Waals surface area (Å²) < 4.78 is 19.6. The lowest BCUT2D eigenvalue weighted by atomic mass is 9.94. The lowest BCUT2D eigenvalue weighted by Gasteiger charge is -2.26. The van der Waals surface area contributed by atoms with Crippen LogP contribution in [-0.4, -0.2) is 57.1 Å². The predicted octanol–water partition coefficient (Wildman–Crippen LogP) is 5.30. The van der Waals surface area contributed by atoms with Crippen LogP contribution >= 0.6 is 0 Å². The quantitative estimate of drug-likeness (QED) is 0.139. The Balaban J connectivity index is 1.54. The molecule has 216 valence electrons. The maximum atomic E-state index is 13.5. The van der Waals surface area contributed by atoms with Crippen LogP contribution in [0.1, 0.15) is 62.8 Å². The van der Waals surface area contributed by atoms with Gasteiger partial charge >= 0.3 is 0 Å². The summed E-state index contributed by atoms with van der Waals surface area (Å²) in [4.78, 5) is 32.6. The van der Waals surface area contributed by atoms with Gasteiger partial charge in [0.05, 0.1) is 31.2 Å². The number of rotatable bonds is 12. The average molecular weight is 560 g/mol. The van der Waals surface area contributed by atoms with E-state index in [1.807, 2.05) is 48.9 Å². The molecule has 5 rings (SSSR count). The van der Waals surface area contributed by atoms with E-state index in [2.05, 4.69) is 11.9 Å². The van der Waals surface area contributed by atoms with E-state index in [9.17, 15) is 14.7 Å². The lowest BCUT2D eigenvalue weighted by molar-refractivity contribution is -0.139. The van der Waals surface area contributed by atoms with Crippen molar-refractivity contribution in [3.05, 3.63) is 77.4 Å². The Bertz CT molecular complexity index is 1430. The van der Waals surface area contributed by atoms with E-state index in [1.165, 1.54) is 0 Å². The van der Waals surface area contributed by atoms with Crippen molar-refractivity contribution in [2.75, 3.05) is 19.8 Å². The van der Waals surface area contributed by atoms with E-state index in [0.717, 1.165) is 24.2 Å². The Morgan fingerprint density at radius 3 is 2.68 bits per heavy atom. The first-order valence-corrected chi connectivity index (χ1v) is 14.3. The first-order chi connectivity index (χ1) is 19.9. The summed E-state index contributed by atoms with van der Waals surface area (Å²) in [5.41, 5.74) is 2.16. The van der Waals surface area contributed by atoms with Gasteiger partial charge in [0.15, 0.2) is 11.5 Å². The number of carbonyl (C=O) groups is 2. The highest BCUT2D eigenvalue weighted by Crippen LogP contribution is 2.43. The van der Waals surface area contributed by atoms with Crippen LogP contribution in [0.2, 0.25) is 0 Å². The predicted molar refractivity (Wildman–Crippen MR) is 154 cm³/mol. The topological polar surface area (TPSA) is 103 Å². The van der Waals surface area contributed by atoms with E-state index >= 15 is 0 Å². The maximum Gasteiger partial charge on any atom is 0.295 e. The molecular weight excluding hydrogens is 522 g/mol. The molecule has 1 saturated heterocycles. The molecule has 0 spiro atoms. The van der Waals surface area contributed by atoms with Crippen molar-refractivity contribution in [2.45, 2.75) is 65.1 Å². The number of hydrogen-bond donors (Lipinski definition) is 1. The van der Waals surface area contributed by atoms with Crippen molar-refractivity contribution in [1.82, 2.24) is 14.5 Å². The number of benzene rings is 2. The fourth-order valence-corrected chi connectivity index (χ4v) is 5.43. The second-order valence-electron chi connectivity index (χ2n) is 10.4. The Hall–Kier alpha value is -4.27. The minimum atomic E-state index is -0.787. The number of ketones is 1. The third-order valence-electron chi connectivity index (χ3n) is 7.42. The van der Waals surface area contributed by atoms with Crippen LogP contribution in [0.3, 0.4) is 0 Å². The number of hydrogen-bond acceptors (Lipinski definition) is 7. The van der Waals surface area contributed by atoms with Crippen molar-refractivity contribution in [3.8, 4) is 17.2 Å². The molecule has 2 atom stereocenters. The number of amides is 1. The second kappa shape index (κ2) is 12.5. The number of ether oxygens (including phenoxy) is 3. The van der Waals surface area contributed by atoms with Gasteiger partial charge in [-0.15, -0.1) is 0 Å². The van der Waals surface area contributed by atoms with E-state index in [4.69, 9.17) is 14.2 Å². The lowest BCUT2D eigenvalue weighted by Crippen LogP contribution is -2.31. The summed E-state index contributed by atoms with van der Waals surface area (Å²) in [7, 11) is 0. The van der Waals surface area contributed by atoms with Gasteiger partial charge in [-0.3, -0.25) is 9.59 Å². The van der Waals surface area contributed by atoms with Crippen molar-refractivity contribution in [3.63, 3.8) is 0 Å². The van der Waals surface area contributed by atoms with Crippen LogP contribution in [0.4, 0.5) is 0 Å². The number of aliphatic hydroxyl groups excluding tert-OH is 1. The molecule has 0 aliphatic carbocycles. The number of Topliss-reactive ketones (excluding diaryl/α,β-unsaturated/α-hetero) is 1. The van der Waals surface area contributed by atoms with E-state index in [1.54, 1.807) is 29.6 Å². The Labute approximate surface area is 240 Å². The highest BCUT2D eigenvalue weighted by molar-refractivity contribution is 6.46. The summed E-state index contributed by atoms with van der Waals surface area (Å²) in [6.07, 6.45) is 8.54. The van der Waals surface area contributed by atoms with Gasteiger partial charge in [0, 0.05) is 37.5 Å². The molecule has 1 N–H and O–H groups in total. The molecule has 2 aliphatic heterocycles. The summed E-state index contributed by atoms with van der Waals surface area (Å²) >= 11 is 0. The largest absolute Gasteiger partial charge is 0.507 e. The van der Waals surface area contributed by atoms with Gasteiger partial charge in [0.2, 0.25) is 0 Å². The van der Waals surface area contributed by atoms with Gasteiger partial charge in [0.25, 0.3) is 11.7 Å². The van der Waals surface area contributed by atoms with Crippen LogP contribution in [0.25, 0.3) is 5.76 Å². The molecule has 0 saturated carbocycles. The number of aryl methyl sites for hydroxylation is 1. The van der Waals surface area contributed by atoms with Crippen molar-refractivity contribution in [1.29, 1.82) is 0 Å². The normalized spacial score (nSPS) is 19.3. The highest BCUT2D eigenvalue weighted by Gasteiger charge is 2.46. The first-order valence-electron chi connectivity index (χ1n) is 14.3. The number of nitrogens with zero attached hydrogens (tertiary/aromatic N) is 3. The third kappa shape index (κ3) is 5.94. The van der Waals surface area contributed by atoms with E-state index in [-0.39, 0.29) is 17.4 Å². The van der Waals surface area contributed by atoms with Gasteiger partial charge in [0.1, 0.15) is 17.6 Å². The van der Waals surface area contributed by atoms with E-state index in [0.29, 0.717) is 61.8 Å². The molecule has 9 heteroatoms. The van der Waals surface area contributed by atoms with E-state index < -0.39 is 17.7 Å². The Kier molecular flexibility index (Phi) is 8.61. The van der Waals surface area contributed by atoms with Crippen LogP contribution in [0, 0.1) is 0 Å². The number of imidazole rings is 1. The van der Waals surface area contributed by atoms with Crippen molar-refractivity contribution >= 4 is 17.4 Å². The summed E-state index contributed by atoms with van der Waals surface area (Å²) in [6, 6.07) is 10.1. The summed E-state index contributed by atoms with van der Waals surface area (Å²) in [6.45, 7) is 7.91. The Morgan fingerprint density at radius 2 is 1.93 bits per heavy atom. The smallest absolute Gasteiger partial charge is 0.295 e. The molecule has 9 nitrogen and oxygen atoms in total. The molecule has 0 bridgehead atoms. The molecule has 1 fully saturated rings. The zero-order valence-electron chi connectivity index (χ0n) is 23.8. The number of unbranched alkanes of at least 4 members (excludes halogenated alkanes) is 1. The zero-order chi connectivity index (χ0) is 28.9. The standard InChI is InChI=1S/C32H37N3O6/c1-4-6-16-40-26-11-8-22(19-27(26)39-5-2)29-28(30(36)23-9-10-25-24(18-23)17-21(3)41-25)31(37)32(38)35(29)14-7-13-34-15-12-33-20-34/h8-12,15,18-21,29,36H,4-7,13-14,16-17H2,1-3H3/t21-,29+/m1/s1. The molecule has 2 aromatic carbocycles. The molecule has 3 heterocycles. The molecule has 0 unspecified atom stereocenters. The van der Waals surface area contributed by atoms with Gasteiger partial charge < -0.3 is 28.8 Å². The van der Waals surface area contributed by atoms with Crippen LogP contribution in [0.15, 0.2) is 60.7 Å². The van der Waals surface area contributed by atoms with Crippen molar-refractivity contribution < 1.29 is 28.9 Å². The number of fused-ring (bicyclic) bond motifs is 1. The highest BCUT2D eigenvalue weighted by atomic mass is 16.5. The SMILES string of the molecule is CCCCOc1ccc([C@H]2C(=C(O)c3ccc4c(c3)C[C@@H](C)O4)C(=O)C(=O)N2CCCn2ccnc2)cc1OCC. The summed E-state index contributed by atoms with van der Waals surface area (Å²) in [5.74, 6) is 0.366. The fourth-order valence-electron chi connectivity index (χ4n) is 5.43. The van der Waals surface area contributed by atoms with Gasteiger partial charge in [-0.2, -0.15) is 0 Å². The maximum absolute atomic E-state index is 13.5. The average Bonchev–Trinajstić information content (AvgIpc) is 3.68. The van der Waals surface area contributed by atoms with Crippen LogP contribution < -0.4 is 14.2 Å². The molecule has 41 heavy (non-hydrogen) atoms. The third-order valence-corrected chi connectivity index (χ3v) is 7.42. The first kappa shape index (κ1) is 28.3. The number of likely N-dealkylation sites (tertiary alicyclic amines) is 1. The summed E-state index contributed by atoms with van der Waals surface area (Å²) in [5, 5.41) is 11.6. The molecule has 3 aromatic rings. The zero-order valence-corrected chi connectivity index (χ0v) is 23.8. The molecular formula is C32H37N3O6. The van der Waals surface area contributed by atoms with Gasteiger partial charge in [-0.05, 0) is 68.1 Å². The monoisotopic (exact) mass is 559 g/mol. The van der Waals surface area contributed by atoms with Crippen LogP contribution in [0.5, 0.6) is 17.2 Å². The number of aromatic nitrogens is 2. The molecule has 2 aliphatic rings. The minimum absolute atomic E-state index is 0.0403. The molecule has 0 radical (unpaired) electrons. The fraction of sp³-hybridized carbons (Fsp3) is 0.406. The second-order valence-corrected chi connectivity index (χ2v) is 10.4. The molecule has 1 aromatic heterocycles. The van der Waals surface area contributed by atoms with Gasteiger partial charge in [-0.25, -0.2) is 4.98 Å². The molecule has 1 amide bonds. The number of aliphatic hydroxyl groups is 1. The van der Waals surface area contributed by atoms with Gasteiger partial charge in [-0.1, -0.05) is 19.4 Å². The van der Waals surface area contributed by atoms with Crippen LogP contribution in [-0.2, 0) is 22.6 Å². The Morgan fingerprint density at radius 1 is 1.07 bits per heavy atom. The van der Waals surface area contributed by atoms with Crippen molar-refractivity contribution in [2.24, 2.45) is 0 Å². The number of carbonyl (C=O) groups excluding carboxylic acids is 2.